The second-order valence-electron chi connectivity index (χ2n) is 8.45. The Morgan fingerprint density at radius 2 is 1.91 bits per heavy atom. The molecule has 3 rings (SSSR count). The first-order valence-electron chi connectivity index (χ1n) is 11.0. The van der Waals surface area contributed by atoms with Crippen LogP contribution in [-0.2, 0) is 6.42 Å². The Hall–Kier alpha value is -2.92. The van der Waals surface area contributed by atoms with Crippen molar-refractivity contribution in [1.29, 1.82) is 0 Å². The van der Waals surface area contributed by atoms with Gasteiger partial charge in [-0.25, -0.2) is 0 Å². The van der Waals surface area contributed by atoms with Crippen molar-refractivity contribution in [3.05, 3.63) is 64.7 Å². The van der Waals surface area contributed by atoms with Gasteiger partial charge in [-0.1, -0.05) is 30.9 Å². The molecule has 1 aliphatic rings. The summed E-state index contributed by atoms with van der Waals surface area (Å²) < 4.78 is 24.2. The van der Waals surface area contributed by atoms with E-state index in [1.54, 1.807) is 19.3 Å². The Kier molecular flexibility index (Phi) is 7.52. The zero-order valence-electron chi connectivity index (χ0n) is 19.8. The first kappa shape index (κ1) is 23.7. The van der Waals surface area contributed by atoms with E-state index in [2.05, 4.69) is 34.3 Å². The SMILES string of the molecule is C=CCOc1c(C)c(C)c2c(c1C)CCC(C)(COc1ccc(/C=C/CO)cc1OC)O2. The highest BCUT2D eigenvalue weighted by molar-refractivity contribution is 5.59. The Morgan fingerprint density at radius 1 is 1.12 bits per heavy atom. The lowest BCUT2D eigenvalue weighted by Crippen LogP contribution is -2.42. The maximum atomic E-state index is 8.97. The van der Waals surface area contributed by atoms with Crippen LogP contribution in [0.1, 0.15) is 41.2 Å². The number of methoxy groups -OCH3 is 1. The summed E-state index contributed by atoms with van der Waals surface area (Å²) in [7, 11) is 1.62. The Balaban J connectivity index is 1.80. The van der Waals surface area contributed by atoms with E-state index in [0.717, 1.165) is 46.6 Å². The number of fused-ring (bicyclic) bond motifs is 1. The van der Waals surface area contributed by atoms with Crippen LogP contribution >= 0.6 is 0 Å². The summed E-state index contributed by atoms with van der Waals surface area (Å²) in [5.74, 6) is 3.20. The van der Waals surface area contributed by atoms with E-state index < -0.39 is 5.60 Å². The van der Waals surface area contributed by atoms with E-state index in [-0.39, 0.29) is 6.61 Å². The van der Waals surface area contributed by atoms with Gasteiger partial charge in [0.1, 0.15) is 30.3 Å². The van der Waals surface area contributed by atoms with Gasteiger partial charge in [0.2, 0.25) is 0 Å². The van der Waals surface area contributed by atoms with E-state index >= 15 is 0 Å². The second-order valence-corrected chi connectivity index (χ2v) is 8.45. The molecular formula is C27H34O5. The van der Waals surface area contributed by atoms with Gasteiger partial charge in [0, 0.05) is 5.56 Å². The summed E-state index contributed by atoms with van der Waals surface area (Å²) in [5.41, 5.74) is 5.03. The third-order valence-electron chi connectivity index (χ3n) is 6.05. The molecule has 1 atom stereocenters. The van der Waals surface area contributed by atoms with Crippen LogP contribution in [0.3, 0.4) is 0 Å². The molecule has 1 unspecified atom stereocenters. The fraction of sp³-hybridized carbons (Fsp3) is 0.407. The maximum Gasteiger partial charge on any atom is 0.161 e. The summed E-state index contributed by atoms with van der Waals surface area (Å²) in [5, 5.41) is 8.97. The highest BCUT2D eigenvalue weighted by Gasteiger charge is 2.36. The standard InChI is InChI=1S/C27H34O5/c1-7-15-30-25-18(2)19(3)26-22(20(25)4)12-13-27(5,32-26)17-31-23-11-10-21(9-8-14-28)16-24(23)29-6/h7-11,16,28H,1,12-15,17H2,2-6H3/b9-8+. The molecule has 0 fully saturated rings. The largest absolute Gasteiger partial charge is 0.493 e. The first-order chi connectivity index (χ1) is 15.3. The number of aliphatic hydroxyl groups excluding tert-OH is 1. The molecule has 2 aromatic carbocycles. The molecule has 5 heteroatoms. The van der Waals surface area contributed by atoms with Gasteiger partial charge in [-0.2, -0.15) is 0 Å². The molecule has 172 valence electrons. The van der Waals surface area contributed by atoms with Crippen LogP contribution < -0.4 is 18.9 Å². The van der Waals surface area contributed by atoms with E-state index in [4.69, 9.17) is 24.1 Å². The van der Waals surface area contributed by atoms with Crippen LogP contribution in [0.15, 0.2) is 36.9 Å². The predicted octanol–water partition coefficient (Wildman–Crippen LogP) is 5.35. The third kappa shape index (κ3) is 4.94. The van der Waals surface area contributed by atoms with Gasteiger partial charge in [-0.3, -0.25) is 0 Å². The van der Waals surface area contributed by atoms with Crippen molar-refractivity contribution in [1.82, 2.24) is 0 Å². The summed E-state index contributed by atoms with van der Waals surface area (Å²) in [4.78, 5) is 0. The molecule has 0 saturated heterocycles. The minimum Gasteiger partial charge on any atom is -0.493 e. The van der Waals surface area contributed by atoms with Crippen molar-refractivity contribution >= 4 is 6.08 Å². The van der Waals surface area contributed by atoms with Gasteiger partial charge in [-0.15, -0.1) is 0 Å². The fourth-order valence-corrected chi connectivity index (χ4v) is 4.07. The van der Waals surface area contributed by atoms with E-state index in [1.807, 2.05) is 24.3 Å². The minimum absolute atomic E-state index is 0.00201. The summed E-state index contributed by atoms with van der Waals surface area (Å²) >= 11 is 0. The molecule has 0 spiro atoms. The van der Waals surface area contributed by atoms with Gasteiger partial charge >= 0.3 is 0 Å². The molecular weight excluding hydrogens is 404 g/mol. The number of benzene rings is 2. The molecule has 0 amide bonds. The van der Waals surface area contributed by atoms with Crippen molar-refractivity contribution in [2.45, 2.75) is 46.1 Å². The van der Waals surface area contributed by atoms with Crippen molar-refractivity contribution in [3.8, 4) is 23.0 Å². The van der Waals surface area contributed by atoms with E-state index in [0.29, 0.717) is 24.7 Å². The van der Waals surface area contributed by atoms with Crippen LogP contribution in [0.5, 0.6) is 23.0 Å². The molecule has 5 nitrogen and oxygen atoms in total. The van der Waals surface area contributed by atoms with Crippen LogP contribution in [-0.4, -0.2) is 37.6 Å². The van der Waals surface area contributed by atoms with E-state index in [1.165, 1.54) is 5.56 Å². The van der Waals surface area contributed by atoms with Crippen LogP contribution in [0, 0.1) is 20.8 Å². The third-order valence-corrected chi connectivity index (χ3v) is 6.05. The van der Waals surface area contributed by atoms with Crippen molar-refractivity contribution in [2.24, 2.45) is 0 Å². The number of hydrogen-bond acceptors (Lipinski definition) is 5. The molecule has 0 saturated carbocycles. The average molecular weight is 439 g/mol. The number of hydrogen-bond donors (Lipinski definition) is 1. The molecule has 1 heterocycles. The Bertz CT molecular complexity index is 1010. The maximum absolute atomic E-state index is 8.97. The zero-order chi connectivity index (χ0) is 23.3. The quantitative estimate of drug-likeness (QED) is 0.535. The van der Waals surface area contributed by atoms with Crippen LogP contribution in [0.4, 0.5) is 0 Å². The molecule has 0 aromatic heterocycles. The second kappa shape index (κ2) is 10.1. The molecule has 32 heavy (non-hydrogen) atoms. The lowest BCUT2D eigenvalue weighted by atomic mass is 9.87. The van der Waals surface area contributed by atoms with Gasteiger partial charge in [-0.05, 0) is 74.9 Å². The summed E-state index contributed by atoms with van der Waals surface area (Å²) in [6, 6.07) is 5.71. The summed E-state index contributed by atoms with van der Waals surface area (Å²) in [6.45, 7) is 13.0. The fourth-order valence-electron chi connectivity index (χ4n) is 4.07. The van der Waals surface area contributed by atoms with Gasteiger partial charge < -0.3 is 24.1 Å². The zero-order valence-corrected chi connectivity index (χ0v) is 19.8. The van der Waals surface area contributed by atoms with Crippen molar-refractivity contribution in [3.63, 3.8) is 0 Å². The van der Waals surface area contributed by atoms with E-state index in [9.17, 15) is 0 Å². The normalized spacial score (nSPS) is 17.6. The van der Waals surface area contributed by atoms with Gasteiger partial charge in [0.15, 0.2) is 11.5 Å². The topological polar surface area (TPSA) is 57.2 Å². The first-order valence-corrected chi connectivity index (χ1v) is 11.0. The minimum atomic E-state index is -0.458. The molecule has 0 aliphatic carbocycles. The highest BCUT2D eigenvalue weighted by Crippen LogP contribution is 2.44. The molecule has 1 N–H and O–H groups in total. The average Bonchev–Trinajstić information content (AvgIpc) is 2.80. The Labute approximate surface area is 191 Å². The number of aliphatic hydroxyl groups is 1. The number of rotatable bonds is 9. The molecule has 0 radical (unpaired) electrons. The monoisotopic (exact) mass is 438 g/mol. The molecule has 2 aromatic rings. The van der Waals surface area contributed by atoms with Gasteiger partial charge in [0.25, 0.3) is 0 Å². The lowest BCUT2D eigenvalue weighted by Gasteiger charge is -2.38. The smallest absolute Gasteiger partial charge is 0.161 e. The Morgan fingerprint density at radius 3 is 2.59 bits per heavy atom. The van der Waals surface area contributed by atoms with Crippen molar-refractivity contribution < 1.29 is 24.1 Å². The highest BCUT2D eigenvalue weighted by atomic mass is 16.6. The van der Waals surface area contributed by atoms with Crippen LogP contribution in [0.25, 0.3) is 6.08 Å². The number of ether oxygens (including phenoxy) is 4. The predicted molar refractivity (Wildman–Crippen MR) is 128 cm³/mol. The lowest BCUT2D eigenvalue weighted by molar-refractivity contribution is 0.0159. The van der Waals surface area contributed by atoms with Crippen LogP contribution in [0.2, 0.25) is 0 Å². The summed E-state index contributed by atoms with van der Waals surface area (Å²) in [6.07, 6.45) is 7.03. The van der Waals surface area contributed by atoms with Gasteiger partial charge in [0.05, 0.1) is 13.7 Å². The van der Waals surface area contributed by atoms with Crippen molar-refractivity contribution in [2.75, 3.05) is 26.9 Å². The molecule has 0 bridgehead atoms. The molecule has 1 aliphatic heterocycles.